The molecule has 4 aromatic carbocycles. The normalized spacial score (nSPS) is 11.4. The van der Waals surface area contributed by atoms with Crippen LogP contribution in [0, 0.1) is 6.92 Å². The first-order chi connectivity index (χ1) is 17.5. The Morgan fingerprint density at radius 1 is 1.03 bits per heavy atom. The Balaban J connectivity index is 0.00000400. The third kappa shape index (κ3) is 6.13. The maximum atomic E-state index is 13.4. The zero-order valence-corrected chi connectivity index (χ0v) is 24.6. The summed E-state index contributed by atoms with van der Waals surface area (Å²) in [5.41, 5.74) is -0.330. The summed E-state index contributed by atoms with van der Waals surface area (Å²) >= 11 is 12.1. The Morgan fingerprint density at radius 3 is 2.39 bits per heavy atom. The van der Waals surface area contributed by atoms with Crippen molar-refractivity contribution < 1.29 is 57.2 Å². The number of halogens is 2. The third-order valence-electron chi connectivity index (χ3n) is 5.42. The number of hydrogen-bond donors (Lipinski definition) is 2. The Kier molecular flexibility index (Phi) is 9.43. The molecule has 0 heterocycles. The molecule has 13 heteroatoms. The number of rotatable bonds is 6. The van der Waals surface area contributed by atoms with Crippen LogP contribution in [-0.4, -0.2) is 26.0 Å². The van der Waals surface area contributed by atoms with E-state index in [1.165, 1.54) is 44.4 Å². The number of ether oxygens (including phenoxy) is 1. The first kappa shape index (κ1) is 29.9. The van der Waals surface area contributed by atoms with E-state index in [1.54, 1.807) is 30.3 Å². The zero-order chi connectivity index (χ0) is 26.9. The molecule has 2 N–H and O–H groups in total. The molecular weight excluding hydrogens is 564 g/mol. The van der Waals surface area contributed by atoms with Crippen molar-refractivity contribution in [2.45, 2.75) is 11.8 Å². The summed E-state index contributed by atoms with van der Waals surface area (Å²) < 4.78 is 38.9. The predicted molar refractivity (Wildman–Crippen MR) is 140 cm³/mol. The molecule has 0 saturated carbocycles. The van der Waals surface area contributed by atoms with Gasteiger partial charge < -0.3 is 15.2 Å². The number of nitrogens with zero attached hydrogens (tertiary/aromatic N) is 2. The maximum Gasteiger partial charge on any atom is 1.00 e. The molecule has 0 aliphatic rings. The molecule has 0 fully saturated rings. The SMILES string of the molecule is COc1cc(Cl)ccc1NC(=O)c1cc2ccccc2c(N=Nc2c(Cl)ccc(C)c2S(=O)(=O)O)c1[O-].[Na+]. The van der Waals surface area contributed by atoms with E-state index in [1.807, 2.05) is 0 Å². The maximum absolute atomic E-state index is 13.4. The number of nitrogens with one attached hydrogen (secondary N) is 1. The summed E-state index contributed by atoms with van der Waals surface area (Å²) in [5, 5.41) is 25.1. The van der Waals surface area contributed by atoms with Crippen LogP contribution in [0.15, 0.2) is 75.8 Å². The summed E-state index contributed by atoms with van der Waals surface area (Å²) in [6, 6.07) is 15.5. The van der Waals surface area contributed by atoms with Crippen LogP contribution in [0.5, 0.6) is 11.5 Å². The van der Waals surface area contributed by atoms with Crippen molar-refractivity contribution in [3.8, 4) is 11.5 Å². The van der Waals surface area contributed by atoms with Crippen molar-refractivity contribution in [2.75, 3.05) is 12.4 Å². The van der Waals surface area contributed by atoms with E-state index >= 15 is 0 Å². The number of anilines is 1. The van der Waals surface area contributed by atoms with Crippen molar-refractivity contribution in [3.63, 3.8) is 0 Å². The van der Waals surface area contributed by atoms with Gasteiger partial charge in [-0.1, -0.05) is 59.3 Å². The molecule has 38 heavy (non-hydrogen) atoms. The number of carbonyl (C=O) groups is 1. The number of aryl methyl sites for hydroxylation is 1. The van der Waals surface area contributed by atoms with Gasteiger partial charge in [0.05, 0.1) is 23.5 Å². The second-order valence-corrected chi connectivity index (χ2v) is 10.0. The summed E-state index contributed by atoms with van der Waals surface area (Å²) in [4.78, 5) is 12.6. The number of fused-ring (bicyclic) bond motifs is 1. The van der Waals surface area contributed by atoms with Crippen LogP contribution < -0.4 is 44.7 Å². The van der Waals surface area contributed by atoms with Gasteiger partial charge in [0.1, 0.15) is 16.3 Å². The molecule has 0 bridgehead atoms. The fourth-order valence-corrected chi connectivity index (χ4v) is 4.99. The van der Waals surface area contributed by atoms with Crippen molar-refractivity contribution in [1.82, 2.24) is 0 Å². The average molecular weight is 582 g/mol. The zero-order valence-electron chi connectivity index (χ0n) is 20.3. The smallest absolute Gasteiger partial charge is 0.870 e. The number of carbonyl (C=O) groups excluding carboxylic acids is 1. The molecule has 190 valence electrons. The molecule has 0 aliphatic heterocycles. The molecule has 0 saturated heterocycles. The van der Waals surface area contributed by atoms with Gasteiger partial charge in [-0.15, -0.1) is 5.11 Å². The molecule has 4 rings (SSSR count). The van der Waals surface area contributed by atoms with Crippen LogP contribution >= 0.6 is 23.2 Å². The van der Waals surface area contributed by atoms with E-state index in [9.17, 15) is 22.9 Å². The molecule has 0 unspecified atom stereocenters. The van der Waals surface area contributed by atoms with Gasteiger partial charge in [0.25, 0.3) is 16.0 Å². The fraction of sp³-hybridized carbons (Fsp3) is 0.0800. The van der Waals surface area contributed by atoms with Crippen molar-refractivity contribution in [3.05, 3.63) is 81.8 Å². The summed E-state index contributed by atoms with van der Waals surface area (Å²) in [7, 11) is -3.30. The molecule has 4 aromatic rings. The van der Waals surface area contributed by atoms with Gasteiger partial charge in [0, 0.05) is 22.0 Å². The number of hydrogen-bond acceptors (Lipinski definition) is 7. The largest absolute Gasteiger partial charge is 1.00 e. The molecular formula is C25H18Cl2N3NaO6S. The topological polar surface area (TPSA) is 140 Å². The van der Waals surface area contributed by atoms with Crippen molar-refractivity contribution in [2.24, 2.45) is 10.2 Å². The van der Waals surface area contributed by atoms with Crippen molar-refractivity contribution >= 4 is 67.1 Å². The van der Waals surface area contributed by atoms with E-state index in [0.29, 0.717) is 21.5 Å². The third-order valence-corrected chi connectivity index (χ3v) is 6.99. The van der Waals surface area contributed by atoms with Crippen LogP contribution in [0.3, 0.4) is 0 Å². The molecule has 0 aliphatic carbocycles. The molecule has 1 amide bonds. The van der Waals surface area contributed by atoms with E-state index in [2.05, 4.69) is 15.5 Å². The van der Waals surface area contributed by atoms with E-state index in [4.69, 9.17) is 27.9 Å². The number of benzene rings is 4. The van der Waals surface area contributed by atoms with Gasteiger partial charge in [-0.2, -0.15) is 13.5 Å². The van der Waals surface area contributed by atoms with Gasteiger partial charge in [-0.05, 0) is 42.1 Å². The Morgan fingerprint density at radius 2 is 1.71 bits per heavy atom. The fourth-order valence-electron chi connectivity index (χ4n) is 3.70. The Labute approximate surface area is 250 Å². The monoisotopic (exact) mass is 581 g/mol. The van der Waals surface area contributed by atoms with Gasteiger partial charge in [-0.3, -0.25) is 9.35 Å². The van der Waals surface area contributed by atoms with E-state index < -0.39 is 26.7 Å². The molecule has 0 atom stereocenters. The van der Waals surface area contributed by atoms with Gasteiger partial charge in [0.2, 0.25) is 0 Å². The van der Waals surface area contributed by atoms with Gasteiger partial charge in [-0.25, -0.2) is 0 Å². The predicted octanol–water partition coefficient (Wildman–Crippen LogP) is 3.46. The standard InChI is InChI=1S/C25H19Cl2N3O6S.Na/c1-13-7-9-18(27)22(24(13)37(33,34)35)30-29-21-16-6-4-3-5-14(16)11-17(23(21)31)25(32)28-19-10-8-15(26)12-20(19)36-2;/h3-12,31H,1-2H3,(H,28,32)(H,33,34,35);/q;+1/p-1. The first-order valence-corrected chi connectivity index (χ1v) is 12.8. The van der Waals surface area contributed by atoms with E-state index in [0.717, 1.165) is 0 Å². The molecule has 0 radical (unpaired) electrons. The second kappa shape index (κ2) is 12.0. The Bertz CT molecular complexity index is 1700. The molecule has 0 spiro atoms. The number of methoxy groups -OCH3 is 1. The van der Waals surface area contributed by atoms with Crippen LogP contribution in [0.25, 0.3) is 10.8 Å². The van der Waals surface area contributed by atoms with Crippen molar-refractivity contribution in [1.29, 1.82) is 0 Å². The van der Waals surface area contributed by atoms with Crippen LogP contribution in [0.4, 0.5) is 17.1 Å². The van der Waals surface area contributed by atoms with Gasteiger partial charge >= 0.3 is 29.6 Å². The van der Waals surface area contributed by atoms with Crippen LogP contribution in [0.2, 0.25) is 10.0 Å². The average Bonchev–Trinajstić information content (AvgIpc) is 2.85. The van der Waals surface area contributed by atoms with Gasteiger partial charge in [0.15, 0.2) is 0 Å². The summed E-state index contributed by atoms with van der Waals surface area (Å²) in [6.45, 7) is 1.45. The quantitative estimate of drug-likeness (QED) is 0.203. The minimum absolute atomic E-state index is 0. The Hall–Kier alpha value is -2.70. The minimum atomic E-state index is -4.71. The minimum Gasteiger partial charge on any atom is -0.870 e. The van der Waals surface area contributed by atoms with Crippen LogP contribution in [0.1, 0.15) is 15.9 Å². The molecule has 0 aromatic heterocycles. The molecule has 9 nitrogen and oxygen atoms in total. The first-order valence-electron chi connectivity index (χ1n) is 10.6. The second-order valence-electron chi connectivity index (χ2n) is 7.84. The van der Waals surface area contributed by atoms with Crippen LogP contribution in [-0.2, 0) is 10.1 Å². The summed E-state index contributed by atoms with van der Waals surface area (Å²) in [6.07, 6.45) is 0. The summed E-state index contributed by atoms with van der Waals surface area (Å²) in [5.74, 6) is -1.20. The van der Waals surface area contributed by atoms with E-state index in [-0.39, 0.29) is 62.8 Å². The number of azo groups is 1. The number of amides is 1.